The molecule has 2 heterocycles. The molecule has 34 heavy (non-hydrogen) atoms. The molecule has 3 aromatic rings. The molecule has 0 spiro atoms. The van der Waals surface area contributed by atoms with Crippen molar-refractivity contribution < 1.29 is 19.1 Å². The van der Waals surface area contributed by atoms with Gasteiger partial charge >= 0.3 is 0 Å². The lowest BCUT2D eigenvalue weighted by molar-refractivity contribution is -0.111. The molecule has 2 aromatic carbocycles. The summed E-state index contributed by atoms with van der Waals surface area (Å²) in [6, 6.07) is 11.7. The number of aromatic nitrogens is 4. The number of hydrogen-bond donors (Lipinski definition) is 3. The van der Waals surface area contributed by atoms with Gasteiger partial charge in [0.25, 0.3) is 5.72 Å². The molecule has 1 unspecified atom stereocenters. The largest absolute Gasteiger partial charge is 0.483 e. The number of aromatic amines is 1. The summed E-state index contributed by atoms with van der Waals surface area (Å²) in [6.07, 6.45) is 7.63. The lowest BCUT2D eigenvalue weighted by Gasteiger charge is -2.33. The van der Waals surface area contributed by atoms with Crippen molar-refractivity contribution in [2.45, 2.75) is 38.3 Å². The van der Waals surface area contributed by atoms with E-state index in [2.05, 4.69) is 32.9 Å². The number of ether oxygens (including phenoxy) is 2. The van der Waals surface area contributed by atoms with Crippen LogP contribution in [0.2, 0.25) is 0 Å². The second-order valence-electron chi connectivity index (χ2n) is 7.94. The molecular weight excluding hydrogens is 436 g/mol. The Hall–Kier alpha value is -4.05. The third kappa shape index (κ3) is 5.12. The van der Waals surface area contributed by atoms with Gasteiger partial charge in [-0.25, -0.2) is 0 Å². The van der Waals surface area contributed by atoms with Crippen LogP contribution in [0.15, 0.2) is 54.6 Å². The maximum atomic E-state index is 13.3. The number of hydrogen-bond acceptors (Lipinski definition) is 8. The van der Waals surface area contributed by atoms with Crippen molar-refractivity contribution in [1.29, 1.82) is 0 Å². The van der Waals surface area contributed by atoms with Crippen LogP contribution in [0.5, 0.6) is 11.5 Å². The Morgan fingerprint density at radius 3 is 2.76 bits per heavy atom. The predicted octanol–water partition coefficient (Wildman–Crippen LogP) is 3.09. The quantitative estimate of drug-likeness (QED) is 0.250. The maximum absolute atomic E-state index is 13.3. The molecule has 4 rings (SSSR count). The third-order valence-electron chi connectivity index (χ3n) is 5.33. The predicted molar refractivity (Wildman–Crippen MR) is 124 cm³/mol. The molecule has 0 saturated carbocycles. The smallest absolute Gasteiger partial charge is 0.257 e. The topological polar surface area (TPSA) is 145 Å². The molecule has 1 aromatic heterocycles. The van der Waals surface area contributed by atoms with Gasteiger partial charge in [-0.3, -0.25) is 15.3 Å². The van der Waals surface area contributed by atoms with Crippen LogP contribution in [0.25, 0.3) is 0 Å². The number of rotatable bonds is 9. The zero-order valence-electron chi connectivity index (χ0n) is 18.8. The van der Waals surface area contributed by atoms with Crippen LogP contribution in [0.1, 0.15) is 54.4 Å². The van der Waals surface area contributed by atoms with Gasteiger partial charge in [0.05, 0.1) is 5.56 Å². The average Bonchev–Trinajstić information content (AvgIpc) is 3.40. The van der Waals surface area contributed by atoms with Gasteiger partial charge in [0, 0.05) is 11.3 Å². The zero-order chi connectivity index (χ0) is 24.0. The molecule has 0 fully saturated rings. The van der Waals surface area contributed by atoms with E-state index in [1.54, 1.807) is 42.5 Å². The van der Waals surface area contributed by atoms with Crippen LogP contribution in [-0.4, -0.2) is 38.9 Å². The van der Waals surface area contributed by atoms with E-state index in [0.717, 1.165) is 25.7 Å². The minimum absolute atomic E-state index is 0.0430. The number of allylic oxidation sites excluding steroid dienone is 1. The third-order valence-corrected chi connectivity index (χ3v) is 5.33. The number of H-pyrrole nitrogens is 1. The van der Waals surface area contributed by atoms with Crippen LogP contribution in [-0.2, 0) is 10.5 Å². The molecule has 0 bridgehead atoms. The fourth-order valence-electron chi connectivity index (χ4n) is 3.51. The highest BCUT2D eigenvalue weighted by atomic mass is 16.6. The monoisotopic (exact) mass is 462 g/mol. The van der Waals surface area contributed by atoms with E-state index in [9.17, 15) is 9.59 Å². The van der Waals surface area contributed by atoms with Crippen molar-refractivity contribution in [3.05, 3.63) is 71.6 Å². The first kappa shape index (κ1) is 23.1. The SMILES string of the molecule is CCCCCC=CC(=O)Nc1ccc(C(=O)c2cccc3c2OC(N)(c2nn[nH]n2)CO3)cc1. The van der Waals surface area contributed by atoms with E-state index in [1.807, 2.05) is 6.08 Å². The summed E-state index contributed by atoms with van der Waals surface area (Å²) >= 11 is 0. The minimum Gasteiger partial charge on any atom is -0.483 e. The first-order chi connectivity index (χ1) is 16.5. The fourth-order valence-corrected chi connectivity index (χ4v) is 3.51. The molecule has 1 amide bonds. The van der Waals surface area contributed by atoms with Crippen LogP contribution < -0.4 is 20.5 Å². The number of para-hydroxylation sites is 1. The van der Waals surface area contributed by atoms with E-state index < -0.39 is 5.72 Å². The van der Waals surface area contributed by atoms with Crippen molar-refractivity contribution in [2.75, 3.05) is 11.9 Å². The van der Waals surface area contributed by atoms with Crippen LogP contribution in [0, 0.1) is 0 Å². The van der Waals surface area contributed by atoms with E-state index in [4.69, 9.17) is 15.2 Å². The standard InChI is InChI=1S/C24H26N6O4/c1-2-3-4-5-6-10-20(31)26-17-13-11-16(12-14-17)21(32)18-8-7-9-19-22(18)34-24(25,15-33-19)23-27-29-30-28-23/h6-14H,2-5,15,25H2,1H3,(H,26,31)(H,27,28,29,30). The Balaban J connectivity index is 1.47. The van der Waals surface area contributed by atoms with Crippen molar-refractivity contribution in [3.8, 4) is 11.5 Å². The number of amides is 1. The van der Waals surface area contributed by atoms with Crippen LogP contribution in [0.3, 0.4) is 0 Å². The number of fused-ring (bicyclic) bond motifs is 1. The van der Waals surface area contributed by atoms with Gasteiger partial charge in [-0.05, 0) is 60.5 Å². The van der Waals surface area contributed by atoms with E-state index in [-0.39, 0.29) is 35.4 Å². The number of unbranched alkanes of at least 4 members (excludes halogenated alkanes) is 3. The van der Waals surface area contributed by atoms with E-state index >= 15 is 0 Å². The van der Waals surface area contributed by atoms with Gasteiger partial charge in [-0.1, -0.05) is 31.9 Å². The van der Waals surface area contributed by atoms with Crippen LogP contribution >= 0.6 is 0 Å². The maximum Gasteiger partial charge on any atom is 0.257 e. The zero-order valence-corrected chi connectivity index (χ0v) is 18.8. The molecule has 1 atom stereocenters. The van der Waals surface area contributed by atoms with Crippen molar-refractivity contribution in [2.24, 2.45) is 5.73 Å². The first-order valence-corrected chi connectivity index (χ1v) is 11.1. The number of nitrogens with one attached hydrogen (secondary N) is 2. The minimum atomic E-state index is -1.49. The van der Waals surface area contributed by atoms with Gasteiger partial charge in [-0.2, -0.15) is 5.21 Å². The van der Waals surface area contributed by atoms with Crippen LogP contribution in [0.4, 0.5) is 5.69 Å². The number of tetrazole rings is 1. The molecule has 1 aliphatic heterocycles. The number of benzene rings is 2. The summed E-state index contributed by atoms with van der Waals surface area (Å²) in [5.41, 5.74) is 6.08. The summed E-state index contributed by atoms with van der Waals surface area (Å²) < 4.78 is 11.7. The Labute approximate surface area is 196 Å². The molecule has 10 nitrogen and oxygen atoms in total. The van der Waals surface area contributed by atoms with Crippen molar-refractivity contribution >= 4 is 17.4 Å². The number of nitrogens with two attached hydrogens (primary N) is 1. The summed E-state index contributed by atoms with van der Waals surface area (Å²) in [5.74, 6) is 0.215. The molecule has 0 radical (unpaired) electrons. The summed E-state index contributed by atoms with van der Waals surface area (Å²) in [7, 11) is 0. The van der Waals surface area contributed by atoms with Gasteiger partial charge in [0.2, 0.25) is 11.7 Å². The molecule has 10 heteroatoms. The van der Waals surface area contributed by atoms with Gasteiger partial charge in [-0.15, -0.1) is 10.2 Å². The number of nitrogens with zero attached hydrogens (tertiary/aromatic N) is 3. The number of carbonyl (C=O) groups is 2. The molecule has 0 aliphatic carbocycles. The lowest BCUT2D eigenvalue weighted by Crippen LogP contribution is -2.51. The average molecular weight is 463 g/mol. The Morgan fingerprint density at radius 2 is 2.03 bits per heavy atom. The number of anilines is 1. The van der Waals surface area contributed by atoms with Gasteiger partial charge in [0.15, 0.2) is 17.3 Å². The normalized spacial score (nSPS) is 17.0. The van der Waals surface area contributed by atoms with E-state index in [0.29, 0.717) is 17.0 Å². The second-order valence-corrected chi connectivity index (χ2v) is 7.94. The Kier molecular flexibility index (Phi) is 6.98. The molecule has 1 aliphatic rings. The van der Waals surface area contributed by atoms with E-state index in [1.165, 1.54) is 6.08 Å². The second kappa shape index (κ2) is 10.3. The Bertz CT molecular complexity index is 1180. The van der Waals surface area contributed by atoms with Crippen molar-refractivity contribution in [3.63, 3.8) is 0 Å². The molecule has 0 saturated heterocycles. The summed E-state index contributed by atoms with van der Waals surface area (Å²) in [5, 5.41) is 16.4. The number of ketones is 1. The summed E-state index contributed by atoms with van der Waals surface area (Å²) in [4.78, 5) is 25.3. The highest BCUT2D eigenvalue weighted by Gasteiger charge is 2.41. The first-order valence-electron chi connectivity index (χ1n) is 11.1. The fraction of sp³-hybridized carbons (Fsp3) is 0.292. The highest BCUT2D eigenvalue weighted by molar-refractivity contribution is 6.11. The molecular formula is C24H26N6O4. The highest BCUT2D eigenvalue weighted by Crippen LogP contribution is 2.40. The summed E-state index contributed by atoms with van der Waals surface area (Å²) in [6.45, 7) is 2.10. The Morgan fingerprint density at radius 1 is 1.21 bits per heavy atom. The van der Waals surface area contributed by atoms with Crippen molar-refractivity contribution in [1.82, 2.24) is 20.6 Å². The number of carbonyl (C=O) groups excluding carboxylic acids is 2. The lowest BCUT2D eigenvalue weighted by atomic mass is 10.0. The van der Waals surface area contributed by atoms with Gasteiger partial charge < -0.3 is 14.8 Å². The molecule has 4 N–H and O–H groups in total. The van der Waals surface area contributed by atoms with Gasteiger partial charge in [0.1, 0.15) is 6.61 Å². The molecule has 176 valence electrons.